The van der Waals surface area contributed by atoms with Crippen molar-refractivity contribution in [1.29, 1.82) is 0 Å². The van der Waals surface area contributed by atoms with Gasteiger partial charge in [-0.3, -0.25) is 4.79 Å². The summed E-state index contributed by atoms with van der Waals surface area (Å²) in [4.78, 5) is 14.3. The van der Waals surface area contributed by atoms with Gasteiger partial charge < -0.3 is 15.0 Å². The van der Waals surface area contributed by atoms with E-state index in [4.69, 9.17) is 4.74 Å². The predicted molar refractivity (Wildman–Crippen MR) is 66.9 cm³/mol. The molecule has 0 aromatic carbocycles. The number of amides is 1. The molecule has 4 nitrogen and oxygen atoms in total. The minimum absolute atomic E-state index is 0.0444. The molecule has 0 saturated carbocycles. The Kier molecular flexibility index (Phi) is 4.05. The van der Waals surface area contributed by atoms with Crippen molar-refractivity contribution in [3.8, 4) is 0 Å². The number of carbonyl (C=O) groups is 1. The maximum atomic E-state index is 12.4. The van der Waals surface area contributed by atoms with Gasteiger partial charge in [0.1, 0.15) is 0 Å². The molecule has 1 N–H and O–H groups in total. The third-order valence-electron chi connectivity index (χ3n) is 4.07. The van der Waals surface area contributed by atoms with Crippen molar-refractivity contribution >= 4 is 5.91 Å². The Bertz CT molecular complexity index is 277. The van der Waals surface area contributed by atoms with Gasteiger partial charge in [-0.2, -0.15) is 0 Å². The van der Waals surface area contributed by atoms with E-state index in [0.29, 0.717) is 0 Å². The largest absolute Gasteiger partial charge is 0.377 e. The number of rotatable bonds is 2. The molecule has 0 aliphatic carbocycles. The van der Waals surface area contributed by atoms with Crippen LogP contribution in [0.25, 0.3) is 0 Å². The number of likely N-dealkylation sites (tertiary alicyclic amines) is 1. The lowest BCUT2D eigenvalue weighted by Crippen LogP contribution is -2.55. The smallest absolute Gasteiger partial charge is 0.239 e. The van der Waals surface area contributed by atoms with Gasteiger partial charge in [-0.05, 0) is 39.2 Å². The van der Waals surface area contributed by atoms with E-state index in [1.165, 1.54) is 12.8 Å². The van der Waals surface area contributed by atoms with Gasteiger partial charge in [-0.25, -0.2) is 0 Å². The van der Waals surface area contributed by atoms with E-state index in [0.717, 1.165) is 38.9 Å². The predicted octanol–water partition coefficient (Wildman–Crippen LogP) is 1.16. The van der Waals surface area contributed by atoms with E-state index >= 15 is 0 Å². The zero-order valence-electron chi connectivity index (χ0n) is 11.0. The van der Waals surface area contributed by atoms with Crippen molar-refractivity contribution in [1.82, 2.24) is 10.2 Å². The van der Waals surface area contributed by atoms with Crippen molar-refractivity contribution in [3.05, 3.63) is 0 Å². The number of nitrogens with zero attached hydrogens (tertiary/aromatic N) is 1. The Morgan fingerprint density at radius 3 is 2.88 bits per heavy atom. The Morgan fingerprint density at radius 2 is 2.24 bits per heavy atom. The molecule has 0 bridgehead atoms. The van der Waals surface area contributed by atoms with E-state index in [1.807, 2.05) is 4.90 Å². The van der Waals surface area contributed by atoms with Gasteiger partial charge >= 0.3 is 0 Å². The molecule has 0 radical (unpaired) electrons. The maximum absolute atomic E-state index is 12.4. The highest BCUT2D eigenvalue weighted by Gasteiger charge is 2.35. The zero-order valence-corrected chi connectivity index (χ0v) is 11.0. The van der Waals surface area contributed by atoms with Crippen LogP contribution in [0.4, 0.5) is 0 Å². The summed E-state index contributed by atoms with van der Waals surface area (Å²) in [5.74, 6) is 0.271. The van der Waals surface area contributed by atoms with Crippen molar-refractivity contribution in [3.63, 3.8) is 0 Å². The molecular formula is C13H24N2O2. The highest BCUT2D eigenvalue weighted by molar-refractivity contribution is 5.82. The van der Waals surface area contributed by atoms with Crippen molar-refractivity contribution in [2.24, 2.45) is 0 Å². The number of methoxy groups -OCH3 is 1. The fourth-order valence-corrected chi connectivity index (χ4v) is 2.84. The normalized spacial score (nSPS) is 34.7. The standard InChI is InChI=1S/C13H24N2O2/c1-13(17-2)7-5-9-15(10-13)12(16)11-6-3-4-8-14-11/h11,14H,3-10H2,1-2H3. The summed E-state index contributed by atoms with van der Waals surface area (Å²) in [6.45, 7) is 4.70. The molecule has 2 aliphatic heterocycles. The van der Waals surface area contributed by atoms with Crippen LogP contribution < -0.4 is 5.32 Å². The van der Waals surface area contributed by atoms with E-state index in [2.05, 4.69) is 12.2 Å². The van der Waals surface area contributed by atoms with Crippen LogP contribution >= 0.6 is 0 Å². The van der Waals surface area contributed by atoms with Gasteiger partial charge in [0.25, 0.3) is 0 Å². The molecule has 98 valence electrons. The van der Waals surface area contributed by atoms with Crippen LogP contribution in [0.1, 0.15) is 39.0 Å². The zero-order chi connectivity index (χ0) is 12.3. The lowest BCUT2D eigenvalue weighted by Gasteiger charge is -2.41. The number of piperidine rings is 2. The molecule has 0 aromatic heterocycles. The van der Waals surface area contributed by atoms with Crippen LogP contribution in [-0.4, -0.2) is 49.2 Å². The third kappa shape index (κ3) is 2.99. The Hall–Kier alpha value is -0.610. The average Bonchev–Trinajstić information content (AvgIpc) is 2.39. The van der Waals surface area contributed by atoms with Gasteiger partial charge in [0.15, 0.2) is 0 Å². The summed E-state index contributed by atoms with van der Waals surface area (Å²) in [6, 6.07) is 0.0444. The molecule has 2 heterocycles. The molecule has 17 heavy (non-hydrogen) atoms. The van der Waals surface area contributed by atoms with Crippen LogP contribution in [0.5, 0.6) is 0 Å². The van der Waals surface area contributed by atoms with Gasteiger partial charge in [-0.1, -0.05) is 6.42 Å². The second-order valence-electron chi connectivity index (χ2n) is 5.52. The first kappa shape index (κ1) is 12.8. The number of carbonyl (C=O) groups excluding carboxylic acids is 1. The molecule has 2 atom stereocenters. The maximum Gasteiger partial charge on any atom is 0.239 e. The quantitative estimate of drug-likeness (QED) is 0.787. The van der Waals surface area contributed by atoms with Crippen LogP contribution in [-0.2, 0) is 9.53 Å². The summed E-state index contributed by atoms with van der Waals surface area (Å²) >= 11 is 0. The van der Waals surface area contributed by atoms with E-state index in [1.54, 1.807) is 7.11 Å². The molecular weight excluding hydrogens is 216 g/mol. The van der Waals surface area contributed by atoms with Crippen LogP contribution in [0.15, 0.2) is 0 Å². The molecule has 2 fully saturated rings. The molecule has 0 aromatic rings. The lowest BCUT2D eigenvalue weighted by molar-refractivity contribution is -0.142. The monoisotopic (exact) mass is 240 g/mol. The Morgan fingerprint density at radius 1 is 1.41 bits per heavy atom. The first-order valence-electron chi connectivity index (χ1n) is 6.72. The number of hydrogen-bond acceptors (Lipinski definition) is 3. The van der Waals surface area contributed by atoms with Gasteiger partial charge in [0, 0.05) is 20.2 Å². The van der Waals surface area contributed by atoms with Gasteiger partial charge in [0.2, 0.25) is 5.91 Å². The molecule has 2 unspecified atom stereocenters. The van der Waals surface area contributed by atoms with Crippen LogP contribution in [0.3, 0.4) is 0 Å². The number of hydrogen-bond donors (Lipinski definition) is 1. The number of ether oxygens (including phenoxy) is 1. The molecule has 2 rings (SSSR count). The molecule has 2 saturated heterocycles. The van der Waals surface area contributed by atoms with E-state index < -0.39 is 0 Å². The second kappa shape index (κ2) is 5.36. The minimum Gasteiger partial charge on any atom is -0.377 e. The Balaban J connectivity index is 1.94. The highest BCUT2D eigenvalue weighted by atomic mass is 16.5. The van der Waals surface area contributed by atoms with Crippen LogP contribution in [0.2, 0.25) is 0 Å². The van der Waals surface area contributed by atoms with Crippen molar-refractivity contribution in [2.75, 3.05) is 26.7 Å². The van der Waals surface area contributed by atoms with E-state index in [9.17, 15) is 4.79 Å². The Labute approximate surface area is 104 Å². The number of nitrogens with one attached hydrogen (secondary N) is 1. The van der Waals surface area contributed by atoms with Gasteiger partial charge in [-0.15, -0.1) is 0 Å². The summed E-state index contributed by atoms with van der Waals surface area (Å²) in [5.41, 5.74) is -0.150. The average molecular weight is 240 g/mol. The topological polar surface area (TPSA) is 41.6 Å². The highest BCUT2D eigenvalue weighted by Crippen LogP contribution is 2.25. The first-order valence-corrected chi connectivity index (χ1v) is 6.72. The van der Waals surface area contributed by atoms with Crippen molar-refractivity contribution in [2.45, 2.75) is 50.7 Å². The fourth-order valence-electron chi connectivity index (χ4n) is 2.84. The first-order chi connectivity index (χ1) is 8.14. The molecule has 0 spiro atoms. The SMILES string of the molecule is COC1(C)CCCN(C(=O)C2CCCCN2)C1. The third-order valence-corrected chi connectivity index (χ3v) is 4.07. The summed E-state index contributed by atoms with van der Waals surface area (Å²) in [6.07, 6.45) is 5.44. The molecule has 1 amide bonds. The van der Waals surface area contributed by atoms with Gasteiger partial charge in [0.05, 0.1) is 11.6 Å². The lowest BCUT2D eigenvalue weighted by atomic mass is 9.93. The summed E-state index contributed by atoms with van der Waals surface area (Å²) in [5, 5.41) is 3.33. The van der Waals surface area contributed by atoms with E-state index in [-0.39, 0.29) is 17.6 Å². The summed E-state index contributed by atoms with van der Waals surface area (Å²) in [7, 11) is 1.74. The van der Waals surface area contributed by atoms with Crippen molar-refractivity contribution < 1.29 is 9.53 Å². The van der Waals surface area contributed by atoms with Crippen LogP contribution in [0, 0.1) is 0 Å². The fraction of sp³-hybridized carbons (Fsp3) is 0.923. The molecule has 4 heteroatoms. The molecule has 2 aliphatic rings. The second-order valence-corrected chi connectivity index (χ2v) is 5.52. The minimum atomic E-state index is -0.150. The summed E-state index contributed by atoms with van der Waals surface area (Å²) < 4.78 is 5.53.